The first-order chi connectivity index (χ1) is 18.0. The zero-order valence-electron chi connectivity index (χ0n) is 25.8. The fraction of sp³-hybridized carbons (Fsp3) is 0.719. The van der Waals surface area contributed by atoms with Crippen LogP contribution in [0.4, 0.5) is 4.79 Å². The van der Waals surface area contributed by atoms with Crippen LogP contribution < -0.4 is 0 Å². The van der Waals surface area contributed by atoms with Crippen molar-refractivity contribution in [2.45, 2.75) is 125 Å². The molecule has 1 unspecified atom stereocenters. The number of amides is 1. The molecule has 216 valence electrons. The van der Waals surface area contributed by atoms with Crippen molar-refractivity contribution >= 4 is 18.1 Å². The van der Waals surface area contributed by atoms with Crippen molar-refractivity contribution in [1.82, 2.24) is 9.80 Å². The SMILES string of the molecule is CCCC1CCCCC1.C\C=C(C=O)/C(C(/C)=N/C=C/CC)=C(/C)N1CCN(C(=O)OC(C)(C)C)C(C)C1. The Morgan fingerprint density at radius 3 is 2.24 bits per heavy atom. The zero-order chi connectivity index (χ0) is 28.7. The van der Waals surface area contributed by atoms with E-state index in [0.29, 0.717) is 25.2 Å². The van der Waals surface area contributed by atoms with Gasteiger partial charge < -0.3 is 14.5 Å². The summed E-state index contributed by atoms with van der Waals surface area (Å²) >= 11 is 0. The van der Waals surface area contributed by atoms with E-state index in [2.05, 4.69) is 23.7 Å². The Balaban J connectivity index is 0.000000671. The number of aliphatic imine (C=N–C) groups is 1. The van der Waals surface area contributed by atoms with Crippen LogP contribution in [0.25, 0.3) is 0 Å². The Kier molecular flexibility index (Phi) is 15.3. The van der Waals surface area contributed by atoms with Gasteiger partial charge in [0.2, 0.25) is 0 Å². The Hall–Kier alpha value is -2.37. The molecular formula is C32H55N3O3. The molecule has 0 aromatic carbocycles. The molecule has 1 atom stereocenters. The van der Waals surface area contributed by atoms with E-state index in [0.717, 1.165) is 35.6 Å². The molecule has 0 spiro atoms. The minimum Gasteiger partial charge on any atom is -0.444 e. The van der Waals surface area contributed by atoms with Crippen LogP contribution in [-0.2, 0) is 9.53 Å². The third-order valence-electron chi connectivity index (χ3n) is 7.21. The van der Waals surface area contributed by atoms with E-state index >= 15 is 0 Å². The van der Waals surface area contributed by atoms with Crippen molar-refractivity contribution in [2.75, 3.05) is 19.6 Å². The zero-order valence-corrected chi connectivity index (χ0v) is 25.8. The highest BCUT2D eigenvalue weighted by atomic mass is 16.6. The van der Waals surface area contributed by atoms with Gasteiger partial charge in [-0.1, -0.05) is 70.9 Å². The average molecular weight is 530 g/mol. The van der Waals surface area contributed by atoms with Crippen molar-refractivity contribution in [3.8, 4) is 0 Å². The first-order valence-electron chi connectivity index (χ1n) is 14.8. The molecule has 6 nitrogen and oxygen atoms in total. The molecular weight excluding hydrogens is 474 g/mol. The van der Waals surface area contributed by atoms with Crippen molar-refractivity contribution in [3.05, 3.63) is 35.2 Å². The highest BCUT2D eigenvalue weighted by molar-refractivity contribution is 6.08. The molecule has 1 saturated heterocycles. The van der Waals surface area contributed by atoms with E-state index < -0.39 is 5.60 Å². The van der Waals surface area contributed by atoms with Gasteiger partial charge in [-0.25, -0.2) is 4.79 Å². The lowest BCUT2D eigenvalue weighted by molar-refractivity contribution is -0.104. The van der Waals surface area contributed by atoms with Crippen LogP contribution in [0.5, 0.6) is 0 Å². The number of ether oxygens (including phenoxy) is 1. The molecule has 2 fully saturated rings. The van der Waals surface area contributed by atoms with Gasteiger partial charge in [0.05, 0.1) is 0 Å². The fourth-order valence-corrected chi connectivity index (χ4v) is 5.18. The van der Waals surface area contributed by atoms with Gasteiger partial charge in [-0.05, 0) is 60.8 Å². The normalized spacial score (nSPS) is 20.6. The van der Waals surface area contributed by atoms with E-state index in [1.54, 1.807) is 11.1 Å². The van der Waals surface area contributed by atoms with Gasteiger partial charge in [0.15, 0.2) is 0 Å². The molecule has 1 amide bonds. The van der Waals surface area contributed by atoms with Gasteiger partial charge in [-0.15, -0.1) is 0 Å². The number of carbonyl (C=O) groups excluding carboxylic acids is 2. The van der Waals surface area contributed by atoms with Crippen LogP contribution >= 0.6 is 0 Å². The Morgan fingerprint density at radius 2 is 1.74 bits per heavy atom. The molecule has 1 aliphatic carbocycles. The quantitative estimate of drug-likeness (QED) is 0.138. The molecule has 1 heterocycles. The van der Waals surface area contributed by atoms with Gasteiger partial charge in [0.25, 0.3) is 0 Å². The minimum atomic E-state index is -0.513. The van der Waals surface area contributed by atoms with Crippen molar-refractivity contribution in [3.63, 3.8) is 0 Å². The molecule has 0 N–H and O–H groups in total. The highest BCUT2D eigenvalue weighted by Crippen LogP contribution is 2.27. The van der Waals surface area contributed by atoms with E-state index in [1.165, 1.54) is 44.9 Å². The monoisotopic (exact) mass is 529 g/mol. The Bertz CT molecular complexity index is 855. The summed E-state index contributed by atoms with van der Waals surface area (Å²) in [6, 6.07) is -0.00248. The van der Waals surface area contributed by atoms with Gasteiger partial charge in [-0.2, -0.15) is 0 Å². The highest BCUT2D eigenvalue weighted by Gasteiger charge is 2.31. The first kappa shape index (κ1) is 33.7. The maximum atomic E-state index is 12.5. The summed E-state index contributed by atoms with van der Waals surface area (Å²) in [7, 11) is 0. The van der Waals surface area contributed by atoms with Crippen LogP contribution in [0.2, 0.25) is 0 Å². The number of rotatable bonds is 8. The lowest BCUT2D eigenvalue weighted by atomic mass is 9.86. The summed E-state index contributed by atoms with van der Waals surface area (Å²) in [5, 5.41) is 0. The first-order valence-corrected chi connectivity index (χ1v) is 14.8. The molecule has 0 aromatic rings. The summed E-state index contributed by atoms with van der Waals surface area (Å²) in [4.78, 5) is 32.7. The topological polar surface area (TPSA) is 62.2 Å². The second kappa shape index (κ2) is 17.3. The lowest BCUT2D eigenvalue weighted by Gasteiger charge is -2.42. The van der Waals surface area contributed by atoms with Crippen LogP contribution in [0.3, 0.4) is 0 Å². The van der Waals surface area contributed by atoms with E-state index in [9.17, 15) is 9.59 Å². The number of carbonyl (C=O) groups is 2. The summed E-state index contributed by atoms with van der Waals surface area (Å²) in [5.74, 6) is 1.10. The van der Waals surface area contributed by atoms with E-state index in [-0.39, 0.29) is 12.1 Å². The molecule has 2 rings (SSSR count). The Morgan fingerprint density at radius 1 is 1.08 bits per heavy atom. The van der Waals surface area contributed by atoms with Crippen LogP contribution in [-0.4, -0.2) is 59.2 Å². The van der Waals surface area contributed by atoms with E-state index in [4.69, 9.17) is 4.74 Å². The van der Waals surface area contributed by atoms with Crippen LogP contribution in [0.15, 0.2) is 40.2 Å². The number of aldehydes is 1. The largest absolute Gasteiger partial charge is 0.444 e. The van der Waals surface area contributed by atoms with Gasteiger partial charge in [0, 0.05) is 54.4 Å². The number of piperazine rings is 1. The van der Waals surface area contributed by atoms with Crippen molar-refractivity contribution in [2.24, 2.45) is 10.9 Å². The number of allylic oxidation sites excluding steroid dienone is 5. The second-order valence-corrected chi connectivity index (χ2v) is 11.6. The predicted octanol–water partition coefficient (Wildman–Crippen LogP) is 8.10. The van der Waals surface area contributed by atoms with Crippen molar-refractivity contribution in [1.29, 1.82) is 0 Å². The predicted molar refractivity (Wildman–Crippen MR) is 161 cm³/mol. The van der Waals surface area contributed by atoms with Gasteiger partial charge in [0.1, 0.15) is 11.9 Å². The number of hydrogen-bond donors (Lipinski definition) is 0. The van der Waals surface area contributed by atoms with Crippen molar-refractivity contribution < 1.29 is 14.3 Å². The summed E-state index contributed by atoms with van der Waals surface area (Å²) in [5.41, 5.74) is 2.75. The van der Waals surface area contributed by atoms with Gasteiger partial charge in [-0.3, -0.25) is 9.79 Å². The third-order valence-corrected chi connectivity index (χ3v) is 7.21. The molecule has 0 aromatic heterocycles. The van der Waals surface area contributed by atoms with E-state index in [1.807, 2.05) is 60.6 Å². The summed E-state index contributed by atoms with van der Waals surface area (Å²) in [6.45, 7) is 19.7. The fourth-order valence-electron chi connectivity index (χ4n) is 5.18. The molecule has 6 heteroatoms. The minimum absolute atomic E-state index is 0.00248. The van der Waals surface area contributed by atoms with Crippen LogP contribution in [0.1, 0.15) is 114 Å². The molecule has 0 bridgehead atoms. The molecule has 2 aliphatic rings. The third kappa shape index (κ3) is 11.6. The number of hydrogen-bond acceptors (Lipinski definition) is 5. The second-order valence-electron chi connectivity index (χ2n) is 11.6. The number of nitrogens with zero attached hydrogens (tertiary/aromatic N) is 3. The molecule has 38 heavy (non-hydrogen) atoms. The lowest BCUT2D eigenvalue weighted by Crippen LogP contribution is -2.54. The maximum Gasteiger partial charge on any atom is 0.410 e. The Labute approximate surface area is 233 Å². The summed E-state index contributed by atoms with van der Waals surface area (Å²) < 4.78 is 5.53. The summed E-state index contributed by atoms with van der Waals surface area (Å²) in [6.07, 6.45) is 17.5. The smallest absolute Gasteiger partial charge is 0.410 e. The molecule has 1 aliphatic heterocycles. The van der Waals surface area contributed by atoms with Gasteiger partial charge >= 0.3 is 6.09 Å². The average Bonchev–Trinajstić information content (AvgIpc) is 2.87. The standard InChI is InChI=1S/C23H37N3O3.C9H18/c1-9-11-12-24-18(4)21(20(10-2)16-27)19(5)25-13-14-26(17(3)15-25)22(28)29-23(6,7)8;1-2-6-9-7-4-3-5-8-9/h10-12,16-17H,9,13-15H2,1-8H3;9H,2-8H2,1H3/b12-11+,20-10-,21-19-,24-18+;. The van der Waals surface area contributed by atoms with Crippen LogP contribution in [0, 0.1) is 5.92 Å². The molecule has 1 saturated carbocycles. The maximum absolute atomic E-state index is 12.5. The molecule has 0 radical (unpaired) electrons.